The summed E-state index contributed by atoms with van der Waals surface area (Å²) in [6.07, 6.45) is 3.61. The lowest BCUT2D eigenvalue weighted by atomic mass is 10.2. The van der Waals surface area contributed by atoms with Crippen molar-refractivity contribution in [2.45, 2.75) is 26.3 Å². The number of hydrogen-bond donors (Lipinski definition) is 0. The average molecular weight is 206 g/mol. The fourth-order valence-electron chi connectivity index (χ4n) is 1.34. The van der Waals surface area contributed by atoms with Gasteiger partial charge in [-0.2, -0.15) is 5.26 Å². The Balaban J connectivity index is 3.13. The molecular weight excluding hydrogens is 192 g/mol. The fraction of sp³-hybridized carbons (Fsp3) is 0.455. The summed E-state index contributed by atoms with van der Waals surface area (Å²) >= 11 is 0. The van der Waals surface area contributed by atoms with Gasteiger partial charge in [-0.25, -0.2) is 0 Å². The van der Waals surface area contributed by atoms with Crippen molar-refractivity contribution < 1.29 is 4.74 Å². The van der Waals surface area contributed by atoms with Gasteiger partial charge in [0, 0.05) is 12.7 Å². The summed E-state index contributed by atoms with van der Waals surface area (Å²) in [5.41, 5.74) is -0.193. The van der Waals surface area contributed by atoms with Gasteiger partial charge >= 0.3 is 0 Å². The average Bonchev–Trinajstić information content (AvgIpc) is 2.27. The lowest BCUT2D eigenvalue weighted by molar-refractivity contribution is 0.410. The van der Waals surface area contributed by atoms with E-state index in [1.807, 2.05) is 6.07 Å². The highest BCUT2D eigenvalue weighted by Crippen LogP contribution is 2.11. The highest BCUT2D eigenvalue weighted by Gasteiger charge is 2.09. The normalized spacial score (nSPS) is 9.67. The molecule has 4 nitrogen and oxygen atoms in total. The van der Waals surface area contributed by atoms with E-state index in [0.717, 1.165) is 12.8 Å². The zero-order valence-corrected chi connectivity index (χ0v) is 8.99. The van der Waals surface area contributed by atoms with Gasteiger partial charge in [0.2, 0.25) is 0 Å². The lowest BCUT2D eigenvalue weighted by Crippen LogP contribution is -2.22. The summed E-state index contributed by atoms with van der Waals surface area (Å²) in [7, 11) is 1.45. The molecule has 0 aliphatic carbocycles. The van der Waals surface area contributed by atoms with Crippen LogP contribution >= 0.6 is 0 Å². The minimum absolute atomic E-state index is 0.0797. The van der Waals surface area contributed by atoms with Crippen molar-refractivity contribution in [3.63, 3.8) is 0 Å². The minimum Gasteiger partial charge on any atom is -0.495 e. The van der Waals surface area contributed by atoms with Gasteiger partial charge in [0.05, 0.1) is 7.11 Å². The van der Waals surface area contributed by atoms with E-state index in [4.69, 9.17) is 10.00 Å². The van der Waals surface area contributed by atoms with Crippen LogP contribution in [0, 0.1) is 11.3 Å². The first kappa shape index (κ1) is 11.3. The third-order valence-electron chi connectivity index (χ3n) is 2.21. The number of methoxy groups -OCH3 is 1. The fourth-order valence-corrected chi connectivity index (χ4v) is 1.34. The standard InChI is InChI=1S/C11H14N2O2/c1-3-4-6-13-7-5-10(15-2)9(8-12)11(13)14/h5,7H,3-4,6H2,1-2H3. The van der Waals surface area contributed by atoms with Crippen LogP contribution in [0.15, 0.2) is 17.1 Å². The molecular formula is C11H14N2O2. The van der Waals surface area contributed by atoms with Gasteiger partial charge in [0.1, 0.15) is 11.8 Å². The van der Waals surface area contributed by atoms with Crippen LogP contribution < -0.4 is 10.3 Å². The Morgan fingerprint density at radius 3 is 2.87 bits per heavy atom. The molecule has 1 aromatic rings. The number of aromatic nitrogens is 1. The van der Waals surface area contributed by atoms with Gasteiger partial charge in [-0.1, -0.05) is 13.3 Å². The SMILES string of the molecule is CCCCn1ccc(OC)c(C#N)c1=O. The van der Waals surface area contributed by atoms with Crippen LogP contribution in [-0.2, 0) is 6.54 Å². The van der Waals surface area contributed by atoms with Crippen LogP contribution in [0.2, 0.25) is 0 Å². The van der Waals surface area contributed by atoms with Crippen LogP contribution in [-0.4, -0.2) is 11.7 Å². The lowest BCUT2D eigenvalue weighted by Gasteiger charge is -2.07. The summed E-state index contributed by atoms with van der Waals surface area (Å²) in [5.74, 6) is 0.343. The van der Waals surface area contributed by atoms with Crippen molar-refractivity contribution in [2.24, 2.45) is 0 Å². The van der Waals surface area contributed by atoms with Crippen LogP contribution in [0.3, 0.4) is 0 Å². The van der Waals surface area contributed by atoms with E-state index in [0.29, 0.717) is 12.3 Å². The Labute approximate surface area is 88.7 Å². The monoisotopic (exact) mass is 206 g/mol. The zero-order valence-electron chi connectivity index (χ0n) is 8.99. The maximum atomic E-state index is 11.7. The molecule has 0 unspecified atom stereocenters. The van der Waals surface area contributed by atoms with Gasteiger partial charge in [0.25, 0.3) is 5.56 Å². The molecule has 0 saturated heterocycles. The predicted octanol–water partition coefficient (Wildman–Crippen LogP) is 1.53. The molecule has 0 aromatic carbocycles. The highest BCUT2D eigenvalue weighted by molar-refractivity contribution is 5.40. The topological polar surface area (TPSA) is 55.0 Å². The smallest absolute Gasteiger partial charge is 0.272 e. The molecule has 1 heterocycles. The van der Waals surface area contributed by atoms with Crippen LogP contribution in [0.25, 0.3) is 0 Å². The molecule has 0 aliphatic heterocycles. The van der Waals surface area contributed by atoms with E-state index in [9.17, 15) is 4.79 Å². The molecule has 80 valence electrons. The second kappa shape index (κ2) is 5.20. The number of nitriles is 1. The van der Waals surface area contributed by atoms with Crippen molar-refractivity contribution in [2.75, 3.05) is 7.11 Å². The van der Waals surface area contributed by atoms with Crippen LogP contribution in [0.5, 0.6) is 5.75 Å². The summed E-state index contributed by atoms with van der Waals surface area (Å²) in [6.45, 7) is 2.70. The Morgan fingerprint density at radius 2 is 2.33 bits per heavy atom. The maximum absolute atomic E-state index is 11.7. The number of aryl methyl sites for hydroxylation is 1. The van der Waals surface area contributed by atoms with Gasteiger partial charge in [-0.3, -0.25) is 4.79 Å². The molecule has 1 rings (SSSR count). The first-order chi connectivity index (χ1) is 7.24. The number of nitrogens with zero attached hydrogens (tertiary/aromatic N) is 2. The number of hydrogen-bond acceptors (Lipinski definition) is 3. The second-order valence-corrected chi connectivity index (χ2v) is 3.22. The Bertz CT molecular complexity index is 429. The third kappa shape index (κ3) is 2.38. The molecule has 0 radical (unpaired) electrons. The van der Waals surface area contributed by atoms with E-state index in [2.05, 4.69) is 6.92 Å². The summed E-state index contributed by atoms with van der Waals surface area (Å²) in [4.78, 5) is 11.7. The Morgan fingerprint density at radius 1 is 1.60 bits per heavy atom. The van der Waals surface area contributed by atoms with E-state index < -0.39 is 0 Å². The molecule has 0 bridgehead atoms. The van der Waals surface area contributed by atoms with Gasteiger partial charge in [-0.15, -0.1) is 0 Å². The third-order valence-corrected chi connectivity index (χ3v) is 2.21. The van der Waals surface area contributed by atoms with E-state index in [1.165, 1.54) is 7.11 Å². The summed E-state index contributed by atoms with van der Waals surface area (Å²) < 4.78 is 6.49. The summed E-state index contributed by atoms with van der Waals surface area (Å²) in [6, 6.07) is 3.52. The van der Waals surface area contributed by atoms with E-state index in [-0.39, 0.29) is 11.1 Å². The molecule has 0 fully saturated rings. The van der Waals surface area contributed by atoms with Crippen molar-refractivity contribution >= 4 is 0 Å². The number of rotatable bonds is 4. The molecule has 0 atom stereocenters. The van der Waals surface area contributed by atoms with Crippen molar-refractivity contribution in [1.29, 1.82) is 5.26 Å². The molecule has 0 spiro atoms. The molecule has 0 aliphatic rings. The number of pyridine rings is 1. The molecule has 0 amide bonds. The van der Waals surface area contributed by atoms with Crippen molar-refractivity contribution in [3.05, 3.63) is 28.2 Å². The maximum Gasteiger partial charge on any atom is 0.272 e. The first-order valence-electron chi connectivity index (χ1n) is 4.92. The Hall–Kier alpha value is -1.76. The van der Waals surface area contributed by atoms with Crippen molar-refractivity contribution in [3.8, 4) is 11.8 Å². The molecule has 4 heteroatoms. The number of ether oxygens (including phenoxy) is 1. The van der Waals surface area contributed by atoms with E-state index >= 15 is 0 Å². The van der Waals surface area contributed by atoms with Crippen LogP contribution in [0.4, 0.5) is 0 Å². The predicted molar refractivity (Wildman–Crippen MR) is 56.9 cm³/mol. The first-order valence-corrected chi connectivity index (χ1v) is 4.92. The van der Waals surface area contributed by atoms with Crippen molar-refractivity contribution in [1.82, 2.24) is 4.57 Å². The van der Waals surface area contributed by atoms with Gasteiger partial charge in [0.15, 0.2) is 5.56 Å². The molecule has 1 aromatic heterocycles. The van der Waals surface area contributed by atoms with Crippen LogP contribution in [0.1, 0.15) is 25.3 Å². The Kier molecular flexibility index (Phi) is 3.92. The second-order valence-electron chi connectivity index (χ2n) is 3.22. The molecule has 15 heavy (non-hydrogen) atoms. The number of unbranched alkanes of at least 4 members (excludes halogenated alkanes) is 1. The highest BCUT2D eigenvalue weighted by atomic mass is 16.5. The van der Waals surface area contributed by atoms with Gasteiger partial charge < -0.3 is 9.30 Å². The van der Waals surface area contributed by atoms with E-state index in [1.54, 1.807) is 16.8 Å². The summed E-state index contributed by atoms with van der Waals surface area (Å²) in [5, 5.41) is 8.84. The molecule has 0 saturated carbocycles. The largest absolute Gasteiger partial charge is 0.495 e. The zero-order chi connectivity index (χ0) is 11.3. The quantitative estimate of drug-likeness (QED) is 0.750. The van der Waals surface area contributed by atoms with Gasteiger partial charge in [-0.05, 0) is 12.5 Å². The molecule has 0 N–H and O–H groups in total. The minimum atomic E-state index is -0.273.